The lowest BCUT2D eigenvalue weighted by atomic mass is 9.68. The van der Waals surface area contributed by atoms with Crippen LogP contribution in [0.3, 0.4) is 0 Å². The summed E-state index contributed by atoms with van der Waals surface area (Å²) < 4.78 is 1.16. The number of rotatable bonds is 0. The molecule has 0 spiro atoms. The SMILES string of the molecule is CC1(C)c2cc(Br)c3ccccc3c2-c2cncc3cccc1c23. The van der Waals surface area contributed by atoms with Gasteiger partial charge in [-0.25, -0.2) is 0 Å². The molecule has 1 heterocycles. The number of hydrogen-bond donors (Lipinski definition) is 0. The predicted octanol–water partition coefficient (Wildman–Crippen LogP) is 6.46. The topological polar surface area (TPSA) is 12.9 Å². The highest BCUT2D eigenvalue weighted by Crippen LogP contribution is 2.51. The van der Waals surface area contributed by atoms with Gasteiger partial charge in [0.05, 0.1) is 0 Å². The summed E-state index contributed by atoms with van der Waals surface area (Å²) in [6.07, 6.45) is 4.00. The first kappa shape index (κ1) is 14.2. The van der Waals surface area contributed by atoms with Crippen molar-refractivity contribution >= 4 is 37.5 Å². The van der Waals surface area contributed by atoms with Crippen LogP contribution in [0.25, 0.3) is 32.7 Å². The molecule has 0 unspecified atom stereocenters. The van der Waals surface area contributed by atoms with Crippen molar-refractivity contribution in [1.82, 2.24) is 4.98 Å². The normalized spacial score (nSPS) is 14.8. The molecule has 0 saturated carbocycles. The maximum absolute atomic E-state index is 4.52. The molecule has 0 aliphatic heterocycles. The molecule has 24 heavy (non-hydrogen) atoms. The van der Waals surface area contributed by atoms with E-state index in [9.17, 15) is 0 Å². The largest absolute Gasteiger partial charge is 0.263 e. The number of aromatic nitrogens is 1. The predicted molar refractivity (Wildman–Crippen MR) is 105 cm³/mol. The van der Waals surface area contributed by atoms with Gasteiger partial charge in [0.25, 0.3) is 0 Å². The maximum atomic E-state index is 4.52. The van der Waals surface area contributed by atoms with Gasteiger partial charge in [-0.2, -0.15) is 0 Å². The monoisotopic (exact) mass is 373 g/mol. The van der Waals surface area contributed by atoms with E-state index in [0.29, 0.717) is 0 Å². The lowest BCUT2D eigenvalue weighted by molar-refractivity contribution is 0.645. The van der Waals surface area contributed by atoms with Crippen LogP contribution < -0.4 is 0 Å². The number of fused-ring (bicyclic) bond motifs is 4. The average Bonchev–Trinajstić information content (AvgIpc) is 2.60. The molecule has 4 aromatic rings. The summed E-state index contributed by atoms with van der Waals surface area (Å²) in [5, 5.41) is 5.11. The Balaban J connectivity index is 2.10. The van der Waals surface area contributed by atoms with E-state index in [4.69, 9.17) is 0 Å². The molecule has 1 nitrogen and oxygen atoms in total. The first-order valence-electron chi connectivity index (χ1n) is 8.18. The van der Waals surface area contributed by atoms with Crippen LogP contribution in [-0.4, -0.2) is 4.98 Å². The minimum atomic E-state index is -0.0459. The van der Waals surface area contributed by atoms with Gasteiger partial charge in [-0.3, -0.25) is 4.98 Å². The molecule has 1 aliphatic carbocycles. The second kappa shape index (κ2) is 4.67. The van der Waals surface area contributed by atoms with Gasteiger partial charge in [-0.05, 0) is 38.9 Å². The fourth-order valence-electron chi connectivity index (χ4n) is 4.20. The molecule has 1 aliphatic rings. The molecule has 0 radical (unpaired) electrons. The Morgan fingerprint density at radius 2 is 1.67 bits per heavy atom. The summed E-state index contributed by atoms with van der Waals surface area (Å²) in [5.74, 6) is 0. The molecular weight excluding hydrogens is 358 g/mol. The van der Waals surface area contributed by atoms with Crippen LogP contribution in [0, 0.1) is 0 Å². The van der Waals surface area contributed by atoms with Gasteiger partial charge in [0.15, 0.2) is 0 Å². The molecule has 3 aromatic carbocycles. The van der Waals surface area contributed by atoms with Gasteiger partial charge < -0.3 is 0 Å². The number of halogens is 1. The highest BCUT2D eigenvalue weighted by atomic mass is 79.9. The third-order valence-electron chi connectivity index (χ3n) is 5.39. The van der Waals surface area contributed by atoms with Crippen molar-refractivity contribution in [2.75, 3.05) is 0 Å². The van der Waals surface area contributed by atoms with Gasteiger partial charge in [-0.1, -0.05) is 72.2 Å². The van der Waals surface area contributed by atoms with Crippen LogP contribution in [0.15, 0.2) is 65.4 Å². The van der Waals surface area contributed by atoms with Crippen LogP contribution in [0.1, 0.15) is 25.0 Å². The zero-order chi connectivity index (χ0) is 16.5. The Kier molecular flexibility index (Phi) is 2.76. The summed E-state index contributed by atoms with van der Waals surface area (Å²) in [5.41, 5.74) is 5.28. The van der Waals surface area contributed by atoms with Gasteiger partial charge in [-0.15, -0.1) is 0 Å². The van der Waals surface area contributed by atoms with Crippen molar-refractivity contribution in [2.45, 2.75) is 19.3 Å². The summed E-state index contributed by atoms with van der Waals surface area (Å²) in [7, 11) is 0. The van der Waals surface area contributed by atoms with Crippen LogP contribution in [0.2, 0.25) is 0 Å². The Morgan fingerprint density at radius 3 is 2.50 bits per heavy atom. The van der Waals surface area contributed by atoms with E-state index in [1.54, 1.807) is 0 Å². The first-order chi connectivity index (χ1) is 11.6. The molecule has 0 amide bonds. The Bertz CT molecular complexity index is 1140. The van der Waals surface area contributed by atoms with Crippen LogP contribution >= 0.6 is 15.9 Å². The van der Waals surface area contributed by atoms with E-state index in [1.165, 1.54) is 43.8 Å². The van der Waals surface area contributed by atoms with Gasteiger partial charge >= 0.3 is 0 Å². The first-order valence-corrected chi connectivity index (χ1v) is 8.97. The fraction of sp³-hybridized carbons (Fsp3) is 0.136. The molecule has 116 valence electrons. The van der Waals surface area contributed by atoms with Crippen molar-refractivity contribution in [3.8, 4) is 11.1 Å². The fourth-order valence-corrected chi connectivity index (χ4v) is 4.78. The van der Waals surface area contributed by atoms with Crippen molar-refractivity contribution in [1.29, 1.82) is 0 Å². The Morgan fingerprint density at radius 1 is 0.875 bits per heavy atom. The zero-order valence-corrected chi connectivity index (χ0v) is 15.2. The van der Waals surface area contributed by atoms with E-state index < -0.39 is 0 Å². The molecule has 0 bridgehead atoms. The van der Waals surface area contributed by atoms with E-state index in [2.05, 4.69) is 83.3 Å². The summed E-state index contributed by atoms with van der Waals surface area (Å²) in [6, 6.07) is 17.5. The summed E-state index contributed by atoms with van der Waals surface area (Å²) in [6.45, 7) is 4.65. The number of pyridine rings is 1. The third-order valence-corrected chi connectivity index (χ3v) is 6.05. The number of benzene rings is 3. The van der Waals surface area contributed by atoms with Crippen LogP contribution in [0.4, 0.5) is 0 Å². The van der Waals surface area contributed by atoms with Crippen molar-refractivity contribution in [3.63, 3.8) is 0 Å². The van der Waals surface area contributed by atoms with Crippen molar-refractivity contribution < 1.29 is 0 Å². The Labute approximate surface area is 149 Å². The standard InChI is InChI=1S/C22H16BrN/c1-22(2)17-9-5-6-13-11-24-12-16(20(13)17)21-15-8-4-3-7-14(15)19(23)10-18(21)22/h3-12H,1-2H3. The van der Waals surface area contributed by atoms with Gasteiger partial charge in [0.1, 0.15) is 0 Å². The highest BCUT2D eigenvalue weighted by molar-refractivity contribution is 9.10. The zero-order valence-electron chi connectivity index (χ0n) is 13.6. The molecular formula is C22H16BrN. The summed E-state index contributed by atoms with van der Waals surface area (Å²) >= 11 is 3.79. The second-order valence-corrected chi connectivity index (χ2v) is 7.90. The van der Waals surface area contributed by atoms with E-state index in [1.807, 2.05) is 12.4 Å². The quantitative estimate of drug-likeness (QED) is 0.344. The third kappa shape index (κ3) is 1.67. The lowest BCUT2D eigenvalue weighted by Gasteiger charge is -2.35. The Hall–Kier alpha value is -2.19. The minimum absolute atomic E-state index is 0.0459. The lowest BCUT2D eigenvalue weighted by Crippen LogP contribution is -2.24. The van der Waals surface area contributed by atoms with Crippen molar-refractivity contribution in [2.24, 2.45) is 0 Å². The van der Waals surface area contributed by atoms with E-state index in [-0.39, 0.29) is 5.41 Å². The van der Waals surface area contributed by atoms with Crippen LogP contribution in [0.5, 0.6) is 0 Å². The van der Waals surface area contributed by atoms with E-state index in [0.717, 1.165) is 4.47 Å². The maximum Gasteiger partial charge on any atom is 0.0353 e. The molecule has 0 fully saturated rings. The van der Waals surface area contributed by atoms with E-state index >= 15 is 0 Å². The molecule has 0 N–H and O–H groups in total. The molecule has 0 saturated heterocycles. The van der Waals surface area contributed by atoms with Gasteiger partial charge in [0.2, 0.25) is 0 Å². The second-order valence-electron chi connectivity index (χ2n) is 7.04. The molecule has 2 heteroatoms. The average molecular weight is 374 g/mol. The number of nitrogens with zero attached hydrogens (tertiary/aromatic N) is 1. The molecule has 1 aromatic heterocycles. The minimum Gasteiger partial charge on any atom is -0.263 e. The smallest absolute Gasteiger partial charge is 0.0353 e. The van der Waals surface area contributed by atoms with Crippen LogP contribution in [-0.2, 0) is 5.41 Å². The van der Waals surface area contributed by atoms with Crippen molar-refractivity contribution in [3.05, 3.63) is 76.5 Å². The summed E-state index contributed by atoms with van der Waals surface area (Å²) in [4.78, 5) is 4.52. The molecule has 0 atom stereocenters. The number of hydrogen-bond acceptors (Lipinski definition) is 1. The molecule has 5 rings (SSSR count). The van der Waals surface area contributed by atoms with Gasteiger partial charge in [0, 0.05) is 33.2 Å². The highest BCUT2D eigenvalue weighted by Gasteiger charge is 2.34.